The molecule has 0 saturated heterocycles. The maximum atomic E-state index is 13.3. The van der Waals surface area contributed by atoms with Gasteiger partial charge >= 0.3 is 0 Å². The molecule has 0 aliphatic rings. The molecule has 5 rings (SSSR count). The Balaban J connectivity index is 1.35. The fourth-order valence-electron chi connectivity index (χ4n) is 3.81. The average molecular weight is 482 g/mol. The van der Waals surface area contributed by atoms with Crippen molar-refractivity contribution in [2.24, 2.45) is 0 Å². The molecule has 0 radical (unpaired) electrons. The lowest BCUT2D eigenvalue weighted by Crippen LogP contribution is -2.35. The van der Waals surface area contributed by atoms with Gasteiger partial charge in [-0.25, -0.2) is 15.0 Å². The normalized spacial score (nSPS) is 10.9. The first-order chi connectivity index (χ1) is 17.1. The Morgan fingerprint density at radius 3 is 2.20 bits per heavy atom. The summed E-state index contributed by atoms with van der Waals surface area (Å²) in [5, 5.41) is 3.84. The quantitative estimate of drug-likeness (QED) is 0.242. The van der Waals surface area contributed by atoms with E-state index in [0.717, 1.165) is 26.9 Å². The highest BCUT2D eigenvalue weighted by molar-refractivity contribution is 7.22. The van der Waals surface area contributed by atoms with Crippen LogP contribution in [0.15, 0.2) is 85.2 Å². The minimum Gasteiger partial charge on any atom is -0.393 e. The second-order valence-corrected chi connectivity index (χ2v) is 8.95. The van der Waals surface area contributed by atoms with Crippen molar-refractivity contribution in [3.63, 3.8) is 0 Å². The van der Waals surface area contributed by atoms with E-state index in [2.05, 4.69) is 31.1 Å². The Bertz CT molecular complexity index is 1430. The van der Waals surface area contributed by atoms with Gasteiger partial charge in [-0.05, 0) is 29.7 Å². The largest absolute Gasteiger partial charge is 0.393 e. The van der Waals surface area contributed by atoms with E-state index in [0.29, 0.717) is 10.9 Å². The predicted molar refractivity (Wildman–Crippen MR) is 141 cm³/mol. The number of nitrogen functional groups attached to an aromatic ring is 1. The topological polar surface area (TPSA) is 118 Å². The Hall–Kier alpha value is -4.50. The first kappa shape index (κ1) is 22.3. The zero-order valence-electron chi connectivity index (χ0n) is 18.9. The first-order valence-electron chi connectivity index (χ1n) is 11.0. The molecular weight excluding hydrogens is 458 g/mol. The molecule has 5 aromatic rings. The van der Waals surface area contributed by atoms with Crippen LogP contribution in [-0.2, 0) is 4.79 Å². The number of carbonyl (C=O) groups excluding carboxylic acids is 1. The fourth-order valence-corrected chi connectivity index (χ4v) is 4.76. The van der Waals surface area contributed by atoms with Crippen molar-refractivity contribution in [3.8, 4) is 0 Å². The lowest BCUT2D eigenvalue weighted by Gasteiger charge is -2.19. The van der Waals surface area contributed by atoms with Gasteiger partial charge in [0.15, 0.2) is 16.8 Å². The molecule has 9 heteroatoms. The number of hydrogen-bond donors (Lipinski definition) is 4. The van der Waals surface area contributed by atoms with Crippen LogP contribution in [0.4, 0.5) is 22.5 Å². The van der Waals surface area contributed by atoms with Gasteiger partial charge in [0, 0.05) is 0 Å². The van der Waals surface area contributed by atoms with Gasteiger partial charge in [-0.1, -0.05) is 84.1 Å². The summed E-state index contributed by atoms with van der Waals surface area (Å²) in [5.41, 5.74) is 16.0. The van der Waals surface area contributed by atoms with Crippen LogP contribution >= 0.6 is 11.3 Å². The van der Waals surface area contributed by atoms with E-state index in [9.17, 15) is 4.79 Å². The molecule has 0 spiro atoms. The van der Waals surface area contributed by atoms with Gasteiger partial charge in [-0.2, -0.15) is 0 Å². The molecule has 0 aliphatic heterocycles. The molecule has 2 heterocycles. The van der Waals surface area contributed by atoms with Crippen molar-refractivity contribution in [3.05, 3.63) is 102 Å². The van der Waals surface area contributed by atoms with Crippen LogP contribution in [0.5, 0.6) is 0 Å². The Morgan fingerprint density at radius 1 is 0.886 bits per heavy atom. The molecule has 0 aliphatic carbocycles. The SMILES string of the molecule is Cc1cccc2sc(Nc3ncnc(NNC(=O)C(c4ccccc4)c4ccccc4)c3N)nc12. The molecule has 0 saturated carbocycles. The number of thiazole rings is 1. The maximum absolute atomic E-state index is 13.3. The predicted octanol–water partition coefficient (Wildman–Crippen LogP) is 5.00. The Kier molecular flexibility index (Phi) is 6.23. The van der Waals surface area contributed by atoms with E-state index in [1.165, 1.54) is 17.7 Å². The summed E-state index contributed by atoms with van der Waals surface area (Å²) in [6.45, 7) is 2.02. The van der Waals surface area contributed by atoms with Gasteiger partial charge < -0.3 is 11.1 Å². The molecule has 0 fully saturated rings. The van der Waals surface area contributed by atoms with Crippen LogP contribution in [0.3, 0.4) is 0 Å². The van der Waals surface area contributed by atoms with E-state index in [-0.39, 0.29) is 17.4 Å². The second kappa shape index (κ2) is 9.78. The zero-order chi connectivity index (χ0) is 24.2. The number of rotatable bonds is 7. The van der Waals surface area contributed by atoms with Crippen molar-refractivity contribution >= 4 is 49.9 Å². The van der Waals surface area contributed by atoms with E-state index >= 15 is 0 Å². The Morgan fingerprint density at radius 2 is 1.54 bits per heavy atom. The lowest BCUT2D eigenvalue weighted by molar-refractivity contribution is -0.121. The molecular formula is C26H23N7OS. The van der Waals surface area contributed by atoms with Crippen molar-refractivity contribution in [2.75, 3.05) is 16.5 Å². The highest BCUT2D eigenvalue weighted by atomic mass is 32.1. The third-order valence-electron chi connectivity index (χ3n) is 5.56. The van der Waals surface area contributed by atoms with Crippen molar-refractivity contribution in [1.82, 2.24) is 20.4 Å². The highest BCUT2D eigenvalue weighted by Gasteiger charge is 2.23. The van der Waals surface area contributed by atoms with Gasteiger partial charge in [0.1, 0.15) is 12.0 Å². The van der Waals surface area contributed by atoms with Crippen LogP contribution in [0.1, 0.15) is 22.6 Å². The molecule has 2 aromatic heterocycles. The van der Waals surface area contributed by atoms with Crippen LogP contribution < -0.4 is 21.9 Å². The average Bonchev–Trinajstić information content (AvgIpc) is 3.30. The summed E-state index contributed by atoms with van der Waals surface area (Å²) < 4.78 is 1.07. The van der Waals surface area contributed by atoms with E-state index < -0.39 is 5.92 Å². The van der Waals surface area contributed by atoms with Crippen molar-refractivity contribution in [2.45, 2.75) is 12.8 Å². The number of amides is 1. The molecule has 0 unspecified atom stereocenters. The lowest BCUT2D eigenvalue weighted by atomic mass is 9.91. The molecule has 35 heavy (non-hydrogen) atoms. The fraction of sp³-hybridized carbons (Fsp3) is 0.0769. The van der Waals surface area contributed by atoms with Gasteiger partial charge in [0.25, 0.3) is 0 Å². The van der Waals surface area contributed by atoms with Crippen LogP contribution in [0, 0.1) is 6.92 Å². The number of carbonyl (C=O) groups is 1. The number of anilines is 4. The summed E-state index contributed by atoms with van der Waals surface area (Å²) in [4.78, 5) is 26.3. The number of fused-ring (bicyclic) bond motifs is 1. The zero-order valence-corrected chi connectivity index (χ0v) is 19.7. The molecule has 8 nitrogen and oxygen atoms in total. The van der Waals surface area contributed by atoms with Gasteiger partial charge in [-0.3, -0.25) is 15.6 Å². The number of aryl methyl sites for hydroxylation is 1. The van der Waals surface area contributed by atoms with Crippen LogP contribution in [0.25, 0.3) is 10.2 Å². The summed E-state index contributed by atoms with van der Waals surface area (Å²) in [5.74, 6) is -0.0581. The summed E-state index contributed by atoms with van der Waals surface area (Å²) in [6.07, 6.45) is 1.37. The van der Waals surface area contributed by atoms with Gasteiger partial charge in [0.05, 0.1) is 16.1 Å². The molecule has 1 amide bonds. The van der Waals surface area contributed by atoms with Gasteiger partial charge in [-0.15, -0.1) is 0 Å². The van der Waals surface area contributed by atoms with E-state index in [1.54, 1.807) is 0 Å². The molecule has 0 atom stereocenters. The second-order valence-electron chi connectivity index (χ2n) is 7.92. The minimum atomic E-state index is -0.503. The number of hydrazine groups is 1. The molecule has 174 valence electrons. The van der Waals surface area contributed by atoms with E-state index in [1.807, 2.05) is 85.8 Å². The highest BCUT2D eigenvalue weighted by Crippen LogP contribution is 2.32. The number of benzene rings is 3. The van der Waals surface area contributed by atoms with Crippen molar-refractivity contribution in [1.29, 1.82) is 0 Å². The number of nitrogens with zero attached hydrogens (tertiary/aromatic N) is 3. The molecule has 0 bridgehead atoms. The number of hydrogen-bond acceptors (Lipinski definition) is 8. The minimum absolute atomic E-state index is 0.239. The Labute approximate surface area is 206 Å². The van der Waals surface area contributed by atoms with Crippen LogP contribution in [-0.4, -0.2) is 20.9 Å². The number of nitrogens with two attached hydrogens (primary N) is 1. The summed E-state index contributed by atoms with van der Waals surface area (Å²) in [6, 6.07) is 25.3. The third-order valence-corrected chi connectivity index (χ3v) is 6.50. The van der Waals surface area contributed by atoms with Crippen LogP contribution in [0.2, 0.25) is 0 Å². The summed E-state index contributed by atoms with van der Waals surface area (Å²) in [7, 11) is 0. The molecule has 5 N–H and O–H groups in total. The smallest absolute Gasteiger partial charge is 0.250 e. The number of para-hydroxylation sites is 1. The van der Waals surface area contributed by atoms with Crippen molar-refractivity contribution < 1.29 is 4.79 Å². The maximum Gasteiger partial charge on any atom is 0.250 e. The first-order valence-corrected chi connectivity index (χ1v) is 11.8. The van der Waals surface area contributed by atoms with E-state index in [4.69, 9.17) is 5.73 Å². The monoisotopic (exact) mass is 481 g/mol. The van der Waals surface area contributed by atoms with Gasteiger partial charge in [0.2, 0.25) is 5.91 Å². The summed E-state index contributed by atoms with van der Waals surface area (Å²) >= 11 is 1.51. The number of nitrogens with one attached hydrogen (secondary N) is 3. The molecule has 3 aromatic carbocycles. The standard InChI is InChI=1S/C26H23N7OS/c1-16-9-8-14-19-22(16)30-26(35-19)31-23-21(27)24(29-15-28-23)32-33-25(34)20(17-10-4-2-5-11-17)18-12-6-3-7-13-18/h2-15,20H,27H2,1H3,(H,33,34)(H2,28,29,30,31,32). The third kappa shape index (κ3) is 4.75. The number of aromatic nitrogens is 3.